The summed E-state index contributed by atoms with van der Waals surface area (Å²) in [5.74, 6) is 0. The normalized spacial score (nSPS) is 12.1. The molecule has 0 amide bonds. The van der Waals surface area contributed by atoms with Gasteiger partial charge >= 0.3 is 0 Å². The second-order valence-corrected chi connectivity index (χ2v) is 4.01. The molecule has 1 aromatic rings. The fourth-order valence-corrected chi connectivity index (χ4v) is 1.59. The van der Waals surface area contributed by atoms with Gasteiger partial charge in [0.25, 0.3) is 0 Å². The van der Waals surface area contributed by atoms with Crippen molar-refractivity contribution < 1.29 is 0 Å². The van der Waals surface area contributed by atoms with Crippen LogP contribution in [0.2, 0.25) is 0 Å². The average molecular weight is 226 g/mol. The van der Waals surface area contributed by atoms with Gasteiger partial charge in [-0.05, 0) is 38.2 Å². The van der Waals surface area contributed by atoms with Gasteiger partial charge in [-0.1, -0.05) is 66.8 Å². The molecule has 0 fully saturated rings. The predicted octanol–water partition coefficient (Wildman–Crippen LogP) is 5.09. The molecule has 17 heavy (non-hydrogen) atoms. The first-order chi connectivity index (χ1) is 8.43. The highest BCUT2D eigenvalue weighted by Gasteiger charge is 1.87. The van der Waals surface area contributed by atoms with Crippen molar-refractivity contribution in [1.29, 1.82) is 0 Å². The van der Waals surface area contributed by atoms with Crippen LogP contribution >= 0.6 is 0 Å². The zero-order chi connectivity index (χ0) is 12.2. The SMILES string of the molecule is CC=CCC=CCC=CCCc1ccccc1. The van der Waals surface area contributed by atoms with E-state index in [1.54, 1.807) is 0 Å². The maximum Gasteiger partial charge on any atom is -0.0169 e. The topological polar surface area (TPSA) is 0 Å². The second-order valence-electron chi connectivity index (χ2n) is 4.01. The first kappa shape index (κ1) is 13.5. The number of allylic oxidation sites excluding steroid dienone is 6. The number of aryl methyl sites for hydroxylation is 1. The maximum absolute atomic E-state index is 2.27. The van der Waals surface area contributed by atoms with Gasteiger partial charge in [-0.3, -0.25) is 0 Å². The van der Waals surface area contributed by atoms with Gasteiger partial charge in [0.2, 0.25) is 0 Å². The molecule has 90 valence electrons. The molecule has 0 heteroatoms. The van der Waals surface area contributed by atoms with Crippen molar-refractivity contribution in [2.24, 2.45) is 0 Å². The van der Waals surface area contributed by atoms with Crippen LogP contribution in [0.3, 0.4) is 0 Å². The van der Waals surface area contributed by atoms with E-state index in [0.29, 0.717) is 0 Å². The lowest BCUT2D eigenvalue weighted by atomic mass is 10.1. The minimum Gasteiger partial charge on any atom is -0.0914 e. The molecule has 0 heterocycles. The number of rotatable bonds is 7. The van der Waals surface area contributed by atoms with Crippen LogP contribution in [-0.4, -0.2) is 0 Å². The minimum atomic E-state index is 1.05. The molecule has 1 rings (SSSR count). The molecule has 0 spiro atoms. The number of hydrogen-bond donors (Lipinski definition) is 0. The molecule has 0 aromatic heterocycles. The summed E-state index contributed by atoms with van der Waals surface area (Å²) in [4.78, 5) is 0. The lowest BCUT2D eigenvalue weighted by Gasteiger charge is -1.95. The van der Waals surface area contributed by atoms with Crippen LogP contribution in [0.15, 0.2) is 66.8 Å². The van der Waals surface area contributed by atoms with Gasteiger partial charge in [0, 0.05) is 0 Å². The Morgan fingerprint density at radius 3 is 2.18 bits per heavy atom. The van der Waals surface area contributed by atoms with E-state index in [0.717, 1.165) is 25.7 Å². The van der Waals surface area contributed by atoms with Crippen LogP contribution in [0.5, 0.6) is 0 Å². The summed E-state index contributed by atoms with van der Waals surface area (Å²) in [5.41, 5.74) is 1.42. The highest BCUT2D eigenvalue weighted by molar-refractivity contribution is 5.15. The lowest BCUT2D eigenvalue weighted by Crippen LogP contribution is -1.80. The zero-order valence-corrected chi connectivity index (χ0v) is 10.7. The molecule has 0 saturated carbocycles. The van der Waals surface area contributed by atoms with E-state index < -0.39 is 0 Å². The average Bonchev–Trinajstić information content (AvgIpc) is 2.38. The molecular formula is C17H22. The van der Waals surface area contributed by atoms with E-state index in [-0.39, 0.29) is 0 Å². The summed E-state index contributed by atoms with van der Waals surface area (Å²) in [7, 11) is 0. The van der Waals surface area contributed by atoms with E-state index in [1.807, 2.05) is 0 Å². The summed E-state index contributed by atoms with van der Waals surface area (Å²) in [6.45, 7) is 2.05. The van der Waals surface area contributed by atoms with Gasteiger partial charge in [-0.15, -0.1) is 0 Å². The summed E-state index contributed by atoms with van der Waals surface area (Å²) < 4.78 is 0. The van der Waals surface area contributed by atoms with Crippen molar-refractivity contribution >= 4 is 0 Å². The van der Waals surface area contributed by atoms with Crippen molar-refractivity contribution in [1.82, 2.24) is 0 Å². The highest BCUT2D eigenvalue weighted by atomic mass is 13.9. The third-order valence-corrected chi connectivity index (χ3v) is 2.56. The van der Waals surface area contributed by atoms with E-state index in [4.69, 9.17) is 0 Å². The van der Waals surface area contributed by atoms with Crippen molar-refractivity contribution in [2.75, 3.05) is 0 Å². The molecule has 0 aliphatic heterocycles. The first-order valence-corrected chi connectivity index (χ1v) is 6.38. The Hall–Kier alpha value is -1.56. The molecule has 0 bridgehead atoms. The molecule has 0 nitrogen and oxygen atoms in total. The summed E-state index contributed by atoms with van der Waals surface area (Å²) in [6, 6.07) is 10.6. The molecular weight excluding hydrogens is 204 g/mol. The van der Waals surface area contributed by atoms with Gasteiger partial charge in [-0.25, -0.2) is 0 Å². The van der Waals surface area contributed by atoms with Crippen molar-refractivity contribution in [3.8, 4) is 0 Å². The molecule has 0 radical (unpaired) electrons. The summed E-state index contributed by atoms with van der Waals surface area (Å²) >= 11 is 0. The molecule has 0 atom stereocenters. The molecule has 0 unspecified atom stereocenters. The van der Waals surface area contributed by atoms with Gasteiger partial charge < -0.3 is 0 Å². The zero-order valence-electron chi connectivity index (χ0n) is 10.7. The third-order valence-electron chi connectivity index (χ3n) is 2.56. The monoisotopic (exact) mass is 226 g/mol. The maximum atomic E-state index is 2.27. The molecule has 0 aliphatic rings. The molecule has 1 aromatic carbocycles. The minimum absolute atomic E-state index is 1.05. The van der Waals surface area contributed by atoms with E-state index in [1.165, 1.54) is 5.56 Å². The lowest BCUT2D eigenvalue weighted by molar-refractivity contribution is 0.996. The van der Waals surface area contributed by atoms with Crippen LogP contribution in [0, 0.1) is 0 Å². The largest absolute Gasteiger partial charge is 0.0914 e. The molecule has 0 aliphatic carbocycles. The van der Waals surface area contributed by atoms with Gasteiger partial charge in [0.15, 0.2) is 0 Å². The third kappa shape index (κ3) is 7.35. The van der Waals surface area contributed by atoms with Gasteiger partial charge in [0.05, 0.1) is 0 Å². The quantitative estimate of drug-likeness (QED) is 0.568. The van der Waals surface area contributed by atoms with Crippen LogP contribution in [0.25, 0.3) is 0 Å². The van der Waals surface area contributed by atoms with Gasteiger partial charge in [-0.2, -0.15) is 0 Å². The molecule has 0 N–H and O–H groups in total. The van der Waals surface area contributed by atoms with Crippen LogP contribution in [0.4, 0.5) is 0 Å². The Balaban J connectivity index is 2.08. The Morgan fingerprint density at radius 2 is 1.47 bits per heavy atom. The Morgan fingerprint density at radius 1 is 0.824 bits per heavy atom. The number of hydrogen-bond acceptors (Lipinski definition) is 0. The summed E-state index contributed by atoms with van der Waals surface area (Å²) in [6.07, 6.45) is 17.6. The second kappa shape index (κ2) is 9.65. The fourth-order valence-electron chi connectivity index (χ4n) is 1.59. The van der Waals surface area contributed by atoms with Gasteiger partial charge in [0.1, 0.15) is 0 Å². The van der Waals surface area contributed by atoms with E-state index >= 15 is 0 Å². The summed E-state index contributed by atoms with van der Waals surface area (Å²) in [5, 5.41) is 0. The first-order valence-electron chi connectivity index (χ1n) is 6.38. The van der Waals surface area contributed by atoms with Crippen molar-refractivity contribution in [2.45, 2.75) is 32.6 Å². The Bertz CT molecular complexity index is 355. The van der Waals surface area contributed by atoms with E-state index in [2.05, 4.69) is 73.7 Å². The number of benzene rings is 1. The van der Waals surface area contributed by atoms with Crippen LogP contribution in [0.1, 0.15) is 31.7 Å². The van der Waals surface area contributed by atoms with Crippen LogP contribution in [-0.2, 0) is 6.42 Å². The van der Waals surface area contributed by atoms with Crippen molar-refractivity contribution in [3.63, 3.8) is 0 Å². The standard InChI is InChI=1S/C17H22/c1-2-3-4-5-6-7-8-9-11-14-17-15-12-10-13-16-17/h2-3,5-6,8-10,12-13,15-16H,4,7,11,14H2,1H3. The van der Waals surface area contributed by atoms with Crippen molar-refractivity contribution in [3.05, 3.63) is 72.4 Å². The predicted molar refractivity (Wildman–Crippen MR) is 77.1 cm³/mol. The highest BCUT2D eigenvalue weighted by Crippen LogP contribution is 2.03. The smallest absolute Gasteiger partial charge is 0.0169 e. The Kier molecular flexibility index (Phi) is 7.67. The fraction of sp³-hybridized carbons (Fsp3) is 0.294. The van der Waals surface area contributed by atoms with E-state index in [9.17, 15) is 0 Å². The van der Waals surface area contributed by atoms with Crippen LogP contribution < -0.4 is 0 Å². The Labute approximate surface area is 105 Å². The molecule has 0 saturated heterocycles.